The van der Waals surface area contributed by atoms with Crippen LogP contribution in [-0.4, -0.2) is 31.4 Å². The van der Waals surface area contributed by atoms with Crippen LogP contribution in [0.15, 0.2) is 53.6 Å². The topological polar surface area (TPSA) is 77.7 Å². The maximum absolute atomic E-state index is 12.5. The fraction of sp³-hybridized carbons (Fsp3) is 0.190. The zero-order valence-electron chi connectivity index (χ0n) is 15.1. The second-order valence-electron chi connectivity index (χ2n) is 7.02. The number of H-pyrrole nitrogens is 2. The summed E-state index contributed by atoms with van der Waals surface area (Å²) in [6.07, 6.45) is 4.41. The van der Waals surface area contributed by atoms with Crippen molar-refractivity contribution in [2.75, 3.05) is 6.54 Å². The van der Waals surface area contributed by atoms with E-state index in [0.717, 1.165) is 40.3 Å². The predicted molar refractivity (Wildman–Crippen MR) is 109 cm³/mol. The number of nitrogens with one attached hydrogen (secondary N) is 2. The van der Waals surface area contributed by atoms with Crippen molar-refractivity contribution < 1.29 is 0 Å². The van der Waals surface area contributed by atoms with Crippen molar-refractivity contribution in [2.24, 2.45) is 0 Å². The number of aromatic nitrogens is 4. The first-order valence-corrected chi connectivity index (χ1v) is 9.56. The molecule has 140 valence electrons. The van der Waals surface area contributed by atoms with Gasteiger partial charge in [0.2, 0.25) is 0 Å². The van der Waals surface area contributed by atoms with Crippen molar-refractivity contribution in [1.82, 2.24) is 24.8 Å². The first kappa shape index (κ1) is 17.2. The van der Waals surface area contributed by atoms with Gasteiger partial charge < -0.3 is 9.97 Å². The fourth-order valence-electron chi connectivity index (χ4n) is 3.78. The highest BCUT2D eigenvalue weighted by molar-refractivity contribution is 6.31. The van der Waals surface area contributed by atoms with Crippen molar-refractivity contribution in [3.05, 3.63) is 81.0 Å². The molecule has 0 radical (unpaired) electrons. The van der Waals surface area contributed by atoms with Gasteiger partial charge in [0.15, 0.2) is 5.82 Å². The summed E-state index contributed by atoms with van der Waals surface area (Å²) in [5, 5.41) is 1.86. The number of hydrogen-bond donors (Lipinski definition) is 2. The molecule has 0 fully saturated rings. The SMILES string of the molecule is O=c1[nH]c(-c2ccccn2)nc2c1CCN(Cc1c[nH]c3ccc(Cl)cc13)C2. The summed E-state index contributed by atoms with van der Waals surface area (Å²) >= 11 is 6.17. The highest BCUT2D eigenvalue weighted by Gasteiger charge is 2.22. The molecule has 0 amide bonds. The molecule has 3 aromatic heterocycles. The molecular weight excluding hydrogens is 374 g/mol. The Hall–Kier alpha value is -2.96. The fourth-order valence-corrected chi connectivity index (χ4v) is 3.95. The van der Waals surface area contributed by atoms with Crippen LogP contribution in [0.5, 0.6) is 0 Å². The van der Waals surface area contributed by atoms with E-state index < -0.39 is 0 Å². The molecule has 0 unspecified atom stereocenters. The summed E-state index contributed by atoms with van der Waals surface area (Å²) in [4.78, 5) is 30.0. The Balaban J connectivity index is 1.45. The zero-order chi connectivity index (χ0) is 19.1. The Morgan fingerprint density at radius 3 is 3.00 bits per heavy atom. The molecule has 0 atom stereocenters. The van der Waals surface area contributed by atoms with Gasteiger partial charge in [-0.2, -0.15) is 0 Å². The van der Waals surface area contributed by atoms with E-state index in [4.69, 9.17) is 16.6 Å². The molecule has 0 spiro atoms. The van der Waals surface area contributed by atoms with Crippen molar-refractivity contribution in [3.8, 4) is 11.5 Å². The smallest absolute Gasteiger partial charge is 0.254 e. The van der Waals surface area contributed by atoms with Crippen LogP contribution in [0, 0.1) is 0 Å². The molecule has 0 saturated carbocycles. The van der Waals surface area contributed by atoms with E-state index >= 15 is 0 Å². The van der Waals surface area contributed by atoms with Gasteiger partial charge in [0.1, 0.15) is 5.69 Å². The van der Waals surface area contributed by atoms with Gasteiger partial charge in [-0.25, -0.2) is 4.98 Å². The lowest BCUT2D eigenvalue weighted by Crippen LogP contribution is -2.35. The monoisotopic (exact) mass is 391 g/mol. The molecule has 1 aliphatic heterocycles. The summed E-state index contributed by atoms with van der Waals surface area (Å²) in [6.45, 7) is 2.22. The second-order valence-corrected chi connectivity index (χ2v) is 7.46. The third-order valence-electron chi connectivity index (χ3n) is 5.18. The lowest BCUT2D eigenvalue weighted by molar-refractivity contribution is 0.241. The first-order valence-electron chi connectivity index (χ1n) is 9.19. The summed E-state index contributed by atoms with van der Waals surface area (Å²) in [5.41, 5.74) is 4.47. The zero-order valence-corrected chi connectivity index (χ0v) is 15.8. The minimum atomic E-state index is -0.0656. The van der Waals surface area contributed by atoms with Gasteiger partial charge in [0, 0.05) is 53.5 Å². The third kappa shape index (κ3) is 3.10. The summed E-state index contributed by atoms with van der Waals surface area (Å²) < 4.78 is 0. The standard InChI is InChI=1S/C21H18ClN5O/c22-14-4-5-17-16(9-14)13(10-24-17)11-27-8-6-15-19(12-27)25-20(26-21(15)28)18-3-1-2-7-23-18/h1-5,7,9-10,24H,6,8,11-12H2,(H,25,26,28). The van der Waals surface area contributed by atoms with Crippen LogP contribution >= 0.6 is 11.6 Å². The number of fused-ring (bicyclic) bond motifs is 2. The average molecular weight is 392 g/mol. The third-order valence-corrected chi connectivity index (χ3v) is 5.42. The van der Waals surface area contributed by atoms with Gasteiger partial charge in [0.05, 0.1) is 5.69 Å². The maximum atomic E-state index is 12.5. The molecule has 4 heterocycles. The van der Waals surface area contributed by atoms with Crippen molar-refractivity contribution in [3.63, 3.8) is 0 Å². The number of hydrogen-bond acceptors (Lipinski definition) is 4. The largest absolute Gasteiger partial charge is 0.361 e. The van der Waals surface area contributed by atoms with E-state index in [0.29, 0.717) is 24.5 Å². The van der Waals surface area contributed by atoms with E-state index in [9.17, 15) is 4.79 Å². The van der Waals surface area contributed by atoms with Crippen LogP contribution in [0.3, 0.4) is 0 Å². The number of rotatable bonds is 3. The van der Waals surface area contributed by atoms with Gasteiger partial charge in [-0.3, -0.25) is 14.7 Å². The second kappa shape index (κ2) is 6.89. The first-order chi connectivity index (χ1) is 13.7. The molecule has 28 heavy (non-hydrogen) atoms. The Labute approximate surface area is 166 Å². The normalized spacial score (nSPS) is 14.3. The Morgan fingerprint density at radius 1 is 1.21 bits per heavy atom. The molecule has 6 nitrogen and oxygen atoms in total. The number of benzene rings is 1. The molecule has 0 bridgehead atoms. The minimum absolute atomic E-state index is 0.0656. The quantitative estimate of drug-likeness (QED) is 0.560. The van der Waals surface area contributed by atoms with Crippen LogP contribution in [0.1, 0.15) is 16.8 Å². The van der Waals surface area contributed by atoms with Crippen LogP contribution in [-0.2, 0) is 19.5 Å². The minimum Gasteiger partial charge on any atom is -0.361 e. The van der Waals surface area contributed by atoms with Gasteiger partial charge in [0.25, 0.3) is 5.56 Å². The number of nitrogens with zero attached hydrogens (tertiary/aromatic N) is 3. The summed E-state index contributed by atoms with van der Waals surface area (Å²) in [7, 11) is 0. The average Bonchev–Trinajstić information content (AvgIpc) is 3.10. The maximum Gasteiger partial charge on any atom is 0.254 e. The van der Waals surface area contributed by atoms with Crippen molar-refractivity contribution in [1.29, 1.82) is 0 Å². The van der Waals surface area contributed by atoms with Crippen LogP contribution < -0.4 is 5.56 Å². The van der Waals surface area contributed by atoms with Crippen LogP contribution in [0.2, 0.25) is 5.02 Å². The summed E-state index contributed by atoms with van der Waals surface area (Å²) in [6, 6.07) is 11.4. The summed E-state index contributed by atoms with van der Waals surface area (Å²) in [5.74, 6) is 0.519. The van der Waals surface area contributed by atoms with Gasteiger partial charge in [-0.15, -0.1) is 0 Å². The van der Waals surface area contributed by atoms with Crippen molar-refractivity contribution >= 4 is 22.5 Å². The molecule has 1 aliphatic rings. The van der Waals surface area contributed by atoms with E-state index in [2.05, 4.69) is 19.9 Å². The molecule has 4 aromatic rings. The van der Waals surface area contributed by atoms with Crippen molar-refractivity contribution in [2.45, 2.75) is 19.5 Å². The Morgan fingerprint density at radius 2 is 2.14 bits per heavy atom. The highest BCUT2D eigenvalue weighted by atomic mass is 35.5. The molecule has 0 saturated heterocycles. The van der Waals surface area contributed by atoms with E-state index in [-0.39, 0.29) is 5.56 Å². The van der Waals surface area contributed by atoms with Crippen LogP contribution in [0.4, 0.5) is 0 Å². The number of pyridine rings is 1. The van der Waals surface area contributed by atoms with Gasteiger partial charge in [-0.05, 0) is 42.3 Å². The van der Waals surface area contributed by atoms with E-state index in [1.807, 2.05) is 42.6 Å². The predicted octanol–water partition coefficient (Wildman–Crippen LogP) is 3.52. The Kier molecular flexibility index (Phi) is 4.22. The van der Waals surface area contributed by atoms with E-state index in [1.54, 1.807) is 6.20 Å². The molecule has 0 aliphatic carbocycles. The molecule has 1 aromatic carbocycles. The van der Waals surface area contributed by atoms with E-state index in [1.165, 1.54) is 5.56 Å². The number of aromatic amines is 2. The lowest BCUT2D eigenvalue weighted by atomic mass is 10.1. The van der Waals surface area contributed by atoms with Gasteiger partial charge >= 0.3 is 0 Å². The van der Waals surface area contributed by atoms with Crippen LogP contribution in [0.25, 0.3) is 22.4 Å². The Bertz CT molecular complexity index is 1210. The molecular formula is C21H18ClN5O. The number of halogens is 1. The molecule has 7 heteroatoms. The molecule has 5 rings (SSSR count). The van der Waals surface area contributed by atoms with Gasteiger partial charge in [-0.1, -0.05) is 17.7 Å². The highest BCUT2D eigenvalue weighted by Crippen LogP contribution is 2.25. The lowest BCUT2D eigenvalue weighted by Gasteiger charge is -2.27. The molecule has 2 N–H and O–H groups in total.